The summed E-state index contributed by atoms with van der Waals surface area (Å²) in [7, 11) is 0. The first-order valence-electron chi connectivity index (χ1n) is 5.65. The van der Waals surface area contributed by atoms with Crippen molar-refractivity contribution < 1.29 is 18.7 Å². The summed E-state index contributed by atoms with van der Waals surface area (Å²) in [5, 5.41) is 0. The maximum absolute atomic E-state index is 11.9. The summed E-state index contributed by atoms with van der Waals surface area (Å²) >= 11 is 0. The van der Waals surface area contributed by atoms with Gasteiger partial charge in [0.2, 0.25) is 5.88 Å². The smallest absolute Gasteiger partial charge is 0.338 e. The molecule has 0 radical (unpaired) electrons. The van der Waals surface area contributed by atoms with Crippen LogP contribution in [0.4, 0.5) is 4.39 Å². The lowest BCUT2D eigenvalue weighted by Crippen LogP contribution is -2.25. The summed E-state index contributed by atoms with van der Waals surface area (Å²) in [6, 6.07) is 3.05. The van der Waals surface area contributed by atoms with Gasteiger partial charge in [-0.25, -0.2) is 14.2 Å². The minimum atomic E-state index is -0.678. The molecule has 92 valence electrons. The normalized spacial score (nSPS) is 15.1. The Hall–Kier alpha value is -1.65. The number of ether oxygens (including phenoxy) is 2. The second kappa shape index (κ2) is 5.61. The van der Waals surface area contributed by atoms with E-state index in [4.69, 9.17) is 4.74 Å². The molecule has 5 heteroatoms. The Morgan fingerprint density at radius 1 is 1.53 bits per heavy atom. The third-order valence-corrected chi connectivity index (χ3v) is 2.62. The summed E-state index contributed by atoms with van der Waals surface area (Å²) in [6.07, 6.45) is 4.92. The summed E-state index contributed by atoms with van der Waals surface area (Å²) in [6.45, 7) is -0.901. The molecule has 1 aliphatic rings. The first-order chi connectivity index (χ1) is 8.29. The average molecular weight is 239 g/mol. The van der Waals surface area contributed by atoms with Crippen LogP contribution in [0.2, 0.25) is 0 Å². The second-order valence-corrected chi connectivity index (χ2v) is 3.88. The van der Waals surface area contributed by atoms with Crippen molar-refractivity contribution in [1.82, 2.24) is 4.98 Å². The van der Waals surface area contributed by atoms with Crippen molar-refractivity contribution in [3.63, 3.8) is 0 Å². The summed E-state index contributed by atoms with van der Waals surface area (Å²) in [4.78, 5) is 15.5. The number of esters is 1. The number of carbonyl (C=O) groups is 1. The molecule has 0 N–H and O–H groups in total. The molecule has 0 atom stereocenters. The van der Waals surface area contributed by atoms with E-state index in [1.807, 2.05) is 0 Å². The molecule has 1 heterocycles. The Morgan fingerprint density at radius 2 is 2.35 bits per heavy atom. The zero-order chi connectivity index (χ0) is 12.1. The van der Waals surface area contributed by atoms with Gasteiger partial charge in [0.25, 0.3) is 0 Å². The lowest BCUT2D eigenvalue weighted by molar-refractivity contribution is 0.0479. The molecular weight excluding hydrogens is 225 g/mol. The SMILES string of the molecule is O=C(OCCF)c1ccnc(OC2CCC2)c1. The summed E-state index contributed by atoms with van der Waals surface area (Å²) in [5.74, 6) is -0.132. The van der Waals surface area contributed by atoms with Crippen LogP contribution < -0.4 is 4.74 Å². The lowest BCUT2D eigenvalue weighted by Gasteiger charge is -2.25. The second-order valence-electron chi connectivity index (χ2n) is 3.88. The van der Waals surface area contributed by atoms with Crippen LogP contribution in [0.15, 0.2) is 18.3 Å². The molecule has 0 unspecified atom stereocenters. The van der Waals surface area contributed by atoms with E-state index in [0.29, 0.717) is 11.4 Å². The van der Waals surface area contributed by atoms with Crippen LogP contribution in [0, 0.1) is 0 Å². The topological polar surface area (TPSA) is 48.4 Å². The predicted molar refractivity (Wildman–Crippen MR) is 58.8 cm³/mol. The van der Waals surface area contributed by atoms with Gasteiger partial charge in [-0.2, -0.15) is 0 Å². The van der Waals surface area contributed by atoms with Crippen molar-refractivity contribution in [3.8, 4) is 5.88 Å². The van der Waals surface area contributed by atoms with E-state index >= 15 is 0 Å². The van der Waals surface area contributed by atoms with Crippen LogP contribution in [0.3, 0.4) is 0 Å². The average Bonchev–Trinajstić information content (AvgIpc) is 2.31. The molecule has 17 heavy (non-hydrogen) atoms. The first-order valence-corrected chi connectivity index (χ1v) is 5.65. The zero-order valence-corrected chi connectivity index (χ0v) is 9.39. The molecule has 0 spiro atoms. The molecule has 0 saturated heterocycles. The van der Waals surface area contributed by atoms with E-state index in [2.05, 4.69) is 9.72 Å². The highest BCUT2D eigenvalue weighted by atomic mass is 19.1. The number of hydrogen-bond donors (Lipinski definition) is 0. The quantitative estimate of drug-likeness (QED) is 0.738. The largest absolute Gasteiger partial charge is 0.474 e. The standard InChI is InChI=1S/C12H14FNO3/c13-5-7-16-12(15)9-4-6-14-11(8-9)17-10-2-1-3-10/h4,6,8,10H,1-3,5,7H2. The Labute approximate surface area is 98.8 Å². The number of alkyl halides is 1. The monoisotopic (exact) mass is 239 g/mol. The third kappa shape index (κ3) is 3.15. The van der Waals surface area contributed by atoms with Crippen molar-refractivity contribution in [2.45, 2.75) is 25.4 Å². The van der Waals surface area contributed by atoms with Crippen molar-refractivity contribution in [2.24, 2.45) is 0 Å². The van der Waals surface area contributed by atoms with Crippen LogP contribution >= 0.6 is 0 Å². The van der Waals surface area contributed by atoms with E-state index in [0.717, 1.165) is 12.8 Å². The number of rotatable bonds is 5. The van der Waals surface area contributed by atoms with Gasteiger partial charge in [-0.3, -0.25) is 0 Å². The highest BCUT2D eigenvalue weighted by Gasteiger charge is 2.20. The Morgan fingerprint density at radius 3 is 3.00 bits per heavy atom. The van der Waals surface area contributed by atoms with Crippen LogP contribution in [-0.4, -0.2) is 30.3 Å². The van der Waals surface area contributed by atoms with Crippen molar-refractivity contribution >= 4 is 5.97 Å². The molecule has 2 rings (SSSR count). The van der Waals surface area contributed by atoms with Gasteiger partial charge in [-0.05, 0) is 25.3 Å². The van der Waals surface area contributed by atoms with E-state index in [1.54, 1.807) is 0 Å². The number of carbonyl (C=O) groups excluding carboxylic acids is 1. The van der Waals surface area contributed by atoms with Gasteiger partial charge in [0.05, 0.1) is 5.56 Å². The van der Waals surface area contributed by atoms with Crippen LogP contribution in [0.5, 0.6) is 5.88 Å². The Bertz CT molecular complexity index is 393. The fraction of sp³-hybridized carbons (Fsp3) is 0.500. The number of halogens is 1. The van der Waals surface area contributed by atoms with Gasteiger partial charge in [-0.15, -0.1) is 0 Å². The van der Waals surface area contributed by atoms with Gasteiger partial charge in [0.1, 0.15) is 19.4 Å². The lowest BCUT2D eigenvalue weighted by atomic mass is 9.96. The van der Waals surface area contributed by atoms with E-state index in [1.165, 1.54) is 24.8 Å². The first kappa shape index (κ1) is 11.8. The van der Waals surface area contributed by atoms with Crippen LogP contribution in [0.25, 0.3) is 0 Å². The van der Waals surface area contributed by atoms with Crippen molar-refractivity contribution in [2.75, 3.05) is 13.3 Å². The minimum absolute atomic E-state index is 0.208. The molecule has 1 fully saturated rings. The van der Waals surface area contributed by atoms with Crippen molar-refractivity contribution in [1.29, 1.82) is 0 Å². The molecule has 0 amide bonds. The molecule has 1 aromatic rings. The van der Waals surface area contributed by atoms with E-state index < -0.39 is 12.6 Å². The highest BCUT2D eigenvalue weighted by Crippen LogP contribution is 2.24. The number of pyridine rings is 1. The van der Waals surface area contributed by atoms with Crippen LogP contribution in [0.1, 0.15) is 29.6 Å². The van der Waals surface area contributed by atoms with Crippen LogP contribution in [-0.2, 0) is 4.74 Å². The fourth-order valence-electron chi connectivity index (χ4n) is 1.47. The van der Waals surface area contributed by atoms with Gasteiger partial charge in [-0.1, -0.05) is 0 Å². The Kier molecular flexibility index (Phi) is 3.90. The molecule has 1 saturated carbocycles. The van der Waals surface area contributed by atoms with Gasteiger partial charge in [0.15, 0.2) is 0 Å². The minimum Gasteiger partial charge on any atom is -0.474 e. The zero-order valence-electron chi connectivity index (χ0n) is 9.39. The molecular formula is C12H14FNO3. The number of nitrogens with zero attached hydrogens (tertiary/aromatic N) is 1. The van der Waals surface area contributed by atoms with Gasteiger partial charge in [0, 0.05) is 12.3 Å². The maximum Gasteiger partial charge on any atom is 0.338 e. The highest BCUT2D eigenvalue weighted by molar-refractivity contribution is 5.89. The number of aromatic nitrogens is 1. The maximum atomic E-state index is 11.9. The molecule has 1 aliphatic carbocycles. The van der Waals surface area contributed by atoms with E-state index in [-0.39, 0.29) is 12.7 Å². The predicted octanol–water partition coefficient (Wildman–Crippen LogP) is 2.14. The van der Waals surface area contributed by atoms with Gasteiger partial charge >= 0.3 is 5.97 Å². The van der Waals surface area contributed by atoms with Crippen molar-refractivity contribution in [3.05, 3.63) is 23.9 Å². The summed E-state index contributed by atoms with van der Waals surface area (Å²) in [5.41, 5.74) is 0.336. The molecule has 0 bridgehead atoms. The molecule has 0 aliphatic heterocycles. The Balaban J connectivity index is 1.97. The number of hydrogen-bond acceptors (Lipinski definition) is 4. The molecule has 4 nitrogen and oxygen atoms in total. The van der Waals surface area contributed by atoms with Gasteiger partial charge < -0.3 is 9.47 Å². The third-order valence-electron chi connectivity index (χ3n) is 2.62. The molecule has 1 aromatic heterocycles. The van der Waals surface area contributed by atoms with E-state index in [9.17, 15) is 9.18 Å². The summed E-state index contributed by atoms with van der Waals surface area (Å²) < 4.78 is 22.1. The molecule has 0 aromatic carbocycles. The fourth-order valence-corrected chi connectivity index (χ4v) is 1.47.